The van der Waals surface area contributed by atoms with E-state index in [1.807, 2.05) is 0 Å². The molecule has 0 spiro atoms. The van der Waals surface area contributed by atoms with E-state index in [4.69, 9.17) is 0 Å². The SMILES string of the molecule is C=C(C)C(=O)OC(C)OCC(F)(F)C(F)F. The van der Waals surface area contributed by atoms with Gasteiger partial charge in [0, 0.05) is 5.57 Å². The van der Waals surface area contributed by atoms with Crippen LogP contribution in [0.2, 0.25) is 0 Å². The number of alkyl halides is 4. The fourth-order valence-corrected chi connectivity index (χ4v) is 0.577. The molecule has 0 aliphatic heterocycles. The van der Waals surface area contributed by atoms with E-state index in [-0.39, 0.29) is 5.57 Å². The van der Waals surface area contributed by atoms with Crippen LogP contribution in [0.15, 0.2) is 12.2 Å². The van der Waals surface area contributed by atoms with Gasteiger partial charge in [0.25, 0.3) is 0 Å². The van der Waals surface area contributed by atoms with Crippen molar-refractivity contribution in [3.8, 4) is 0 Å². The molecule has 0 heterocycles. The van der Waals surface area contributed by atoms with E-state index in [2.05, 4.69) is 16.1 Å². The van der Waals surface area contributed by atoms with E-state index in [9.17, 15) is 22.4 Å². The number of hydrogen-bond donors (Lipinski definition) is 0. The molecule has 7 heteroatoms. The largest absolute Gasteiger partial charge is 0.433 e. The first kappa shape index (κ1) is 14.9. The molecule has 0 aromatic carbocycles. The molecule has 0 aromatic heterocycles. The first-order chi connectivity index (χ1) is 7.16. The van der Waals surface area contributed by atoms with E-state index < -0.39 is 31.2 Å². The summed E-state index contributed by atoms with van der Waals surface area (Å²) >= 11 is 0. The lowest BCUT2D eigenvalue weighted by Crippen LogP contribution is -2.34. The average molecular weight is 244 g/mol. The Hall–Kier alpha value is -1.11. The smallest absolute Gasteiger partial charge is 0.335 e. The molecule has 0 N–H and O–H groups in total. The Morgan fingerprint density at radius 1 is 1.44 bits per heavy atom. The maximum Gasteiger partial charge on any atom is 0.335 e. The van der Waals surface area contributed by atoms with Gasteiger partial charge in [0.15, 0.2) is 0 Å². The third kappa shape index (κ3) is 5.11. The van der Waals surface area contributed by atoms with Crippen LogP contribution in [0.5, 0.6) is 0 Å². The number of halogens is 4. The highest BCUT2D eigenvalue weighted by Crippen LogP contribution is 2.23. The average Bonchev–Trinajstić information content (AvgIpc) is 2.14. The maximum absolute atomic E-state index is 12.4. The van der Waals surface area contributed by atoms with Gasteiger partial charge in [-0.2, -0.15) is 8.78 Å². The third-order valence-electron chi connectivity index (χ3n) is 1.45. The van der Waals surface area contributed by atoms with Crippen LogP contribution < -0.4 is 0 Å². The van der Waals surface area contributed by atoms with Crippen LogP contribution in [-0.4, -0.2) is 31.2 Å². The Morgan fingerprint density at radius 2 is 1.94 bits per heavy atom. The molecule has 0 aliphatic rings. The molecule has 1 unspecified atom stereocenters. The van der Waals surface area contributed by atoms with Crippen molar-refractivity contribution in [1.82, 2.24) is 0 Å². The molecule has 0 aliphatic carbocycles. The Bertz CT molecular complexity index is 265. The van der Waals surface area contributed by atoms with Gasteiger partial charge in [0.2, 0.25) is 6.29 Å². The van der Waals surface area contributed by atoms with Gasteiger partial charge in [-0.15, -0.1) is 0 Å². The Kier molecular flexibility index (Phi) is 5.43. The molecule has 0 amide bonds. The van der Waals surface area contributed by atoms with Gasteiger partial charge in [-0.05, 0) is 13.8 Å². The molecule has 0 fully saturated rings. The summed E-state index contributed by atoms with van der Waals surface area (Å²) in [6.07, 6.45) is -5.16. The zero-order valence-electron chi connectivity index (χ0n) is 8.81. The van der Waals surface area contributed by atoms with Crippen LogP contribution in [-0.2, 0) is 14.3 Å². The molecule has 16 heavy (non-hydrogen) atoms. The van der Waals surface area contributed by atoms with Gasteiger partial charge >= 0.3 is 18.3 Å². The Morgan fingerprint density at radius 3 is 2.31 bits per heavy atom. The second-order valence-electron chi connectivity index (χ2n) is 3.13. The minimum Gasteiger partial charge on any atom is -0.433 e. The van der Waals surface area contributed by atoms with Crippen molar-refractivity contribution in [2.75, 3.05) is 6.61 Å². The molecule has 0 saturated heterocycles. The highest BCUT2D eigenvalue weighted by Gasteiger charge is 2.41. The molecule has 0 aromatic rings. The zero-order valence-corrected chi connectivity index (χ0v) is 8.81. The molecule has 94 valence electrons. The lowest BCUT2D eigenvalue weighted by Gasteiger charge is -2.19. The third-order valence-corrected chi connectivity index (χ3v) is 1.45. The predicted octanol–water partition coefficient (Wildman–Crippen LogP) is 2.37. The number of hydrogen-bond acceptors (Lipinski definition) is 3. The van der Waals surface area contributed by atoms with Gasteiger partial charge in [0.05, 0.1) is 0 Å². The number of rotatable bonds is 6. The quantitative estimate of drug-likeness (QED) is 0.311. The number of ether oxygens (including phenoxy) is 2. The van der Waals surface area contributed by atoms with Crippen molar-refractivity contribution >= 4 is 5.97 Å². The number of esters is 1. The summed E-state index contributed by atoms with van der Waals surface area (Å²) in [7, 11) is 0. The van der Waals surface area contributed by atoms with Gasteiger partial charge in [-0.25, -0.2) is 13.6 Å². The molecule has 0 radical (unpaired) electrons. The fourth-order valence-electron chi connectivity index (χ4n) is 0.577. The van der Waals surface area contributed by atoms with Crippen LogP contribution in [0.4, 0.5) is 17.6 Å². The lowest BCUT2D eigenvalue weighted by atomic mass is 10.4. The first-order valence-corrected chi connectivity index (χ1v) is 4.31. The van der Waals surface area contributed by atoms with Gasteiger partial charge in [0.1, 0.15) is 6.61 Å². The Labute approximate surface area is 90.0 Å². The summed E-state index contributed by atoms with van der Waals surface area (Å²) in [4.78, 5) is 10.9. The van der Waals surface area contributed by atoms with Crippen molar-refractivity contribution in [3.05, 3.63) is 12.2 Å². The van der Waals surface area contributed by atoms with Gasteiger partial charge in [-0.1, -0.05) is 6.58 Å². The first-order valence-electron chi connectivity index (χ1n) is 4.31. The Balaban J connectivity index is 4.04. The van der Waals surface area contributed by atoms with Gasteiger partial charge < -0.3 is 9.47 Å². The van der Waals surface area contributed by atoms with E-state index in [0.29, 0.717) is 0 Å². The fraction of sp³-hybridized carbons (Fsp3) is 0.667. The van der Waals surface area contributed by atoms with Crippen molar-refractivity contribution in [2.45, 2.75) is 32.5 Å². The van der Waals surface area contributed by atoms with Crippen molar-refractivity contribution in [1.29, 1.82) is 0 Å². The molecule has 1 atom stereocenters. The van der Waals surface area contributed by atoms with Crippen LogP contribution >= 0.6 is 0 Å². The summed E-state index contributed by atoms with van der Waals surface area (Å²) in [6.45, 7) is 4.22. The van der Waals surface area contributed by atoms with E-state index in [1.54, 1.807) is 0 Å². The standard InChI is InChI=1S/C9H12F4O3/c1-5(2)7(14)16-6(3)15-4-9(12,13)8(10)11/h6,8H,1,4H2,2-3H3. The second-order valence-corrected chi connectivity index (χ2v) is 3.13. The zero-order chi connectivity index (χ0) is 12.9. The summed E-state index contributed by atoms with van der Waals surface area (Å²) < 4.78 is 56.9. The molecular weight excluding hydrogens is 232 g/mol. The monoisotopic (exact) mass is 244 g/mol. The summed E-state index contributed by atoms with van der Waals surface area (Å²) in [5.41, 5.74) is 0.0519. The molecule has 0 saturated carbocycles. The molecular formula is C9H12F4O3. The lowest BCUT2D eigenvalue weighted by molar-refractivity contribution is -0.213. The normalized spacial score (nSPS) is 13.7. The van der Waals surface area contributed by atoms with Crippen LogP contribution in [0, 0.1) is 0 Å². The van der Waals surface area contributed by atoms with E-state index in [0.717, 1.165) is 6.92 Å². The van der Waals surface area contributed by atoms with Crippen molar-refractivity contribution in [3.63, 3.8) is 0 Å². The summed E-state index contributed by atoms with van der Waals surface area (Å²) in [5, 5.41) is 0. The van der Waals surface area contributed by atoms with E-state index in [1.165, 1.54) is 6.92 Å². The van der Waals surface area contributed by atoms with Crippen molar-refractivity contribution < 1.29 is 31.8 Å². The number of carbonyl (C=O) groups is 1. The van der Waals surface area contributed by atoms with Crippen LogP contribution in [0.1, 0.15) is 13.8 Å². The number of carbonyl (C=O) groups excluding carboxylic acids is 1. The minimum absolute atomic E-state index is 0.0519. The highest BCUT2D eigenvalue weighted by molar-refractivity contribution is 5.86. The summed E-state index contributed by atoms with van der Waals surface area (Å²) in [5.74, 6) is -5.10. The molecule has 0 rings (SSSR count). The second kappa shape index (κ2) is 5.83. The topological polar surface area (TPSA) is 35.5 Å². The van der Waals surface area contributed by atoms with Crippen molar-refractivity contribution in [2.24, 2.45) is 0 Å². The van der Waals surface area contributed by atoms with Crippen LogP contribution in [0.25, 0.3) is 0 Å². The maximum atomic E-state index is 12.4. The molecule has 3 nitrogen and oxygen atoms in total. The summed E-state index contributed by atoms with van der Waals surface area (Å²) in [6, 6.07) is 0. The minimum atomic E-state index is -4.26. The van der Waals surface area contributed by atoms with Gasteiger partial charge in [-0.3, -0.25) is 0 Å². The van der Waals surface area contributed by atoms with E-state index >= 15 is 0 Å². The predicted molar refractivity (Wildman–Crippen MR) is 47.3 cm³/mol. The molecule has 0 bridgehead atoms. The highest BCUT2D eigenvalue weighted by atomic mass is 19.3. The van der Waals surface area contributed by atoms with Crippen LogP contribution in [0.3, 0.4) is 0 Å².